The number of anilines is 1. The summed E-state index contributed by atoms with van der Waals surface area (Å²) in [4.78, 5) is 10.8. The Kier molecular flexibility index (Phi) is 3.60. The van der Waals surface area contributed by atoms with E-state index >= 15 is 0 Å². The van der Waals surface area contributed by atoms with Crippen LogP contribution in [0, 0.1) is 5.82 Å². The number of hydrogen-bond acceptors (Lipinski definition) is 4. The first-order valence-corrected chi connectivity index (χ1v) is 5.92. The zero-order valence-corrected chi connectivity index (χ0v) is 11.0. The molecule has 0 aliphatic heterocycles. The Morgan fingerprint density at radius 2 is 2.20 bits per heavy atom. The average molecular weight is 279 g/mol. The number of nitrogens with two attached hydrogens (primary N) is 1. The van der Waals surface area contributed by atoms with Gasteiger partial charge in [-0.15, -0.1) is 0 Å². The molecule has 0 spiro atoms. The van der Waals surface area contributed by atoms with Gasteiger partial charge in [-0.3, -0.25) is 4.68 Å². The molecule has 0 radical (unpaired) electrons. The van der Waals surface area contributed by atoms with E-state index in [0.717, 1.165) is 12.1 Å². The Hall–Kier alpha value is -2.57. The summed E-state index contributed by atoms with van der Waals surface area (Å²) in [7, 11) is 0. The zero-order chi connectivity index (χ0) is 14.9. The van der Waals surface area contributed by atoms with Crippen molar-refractivity contribution in [3.8, 4) is 11.5 Å². The summed E-state index contributed by atoms with van der Waals surface area (Å²) in [5.74, 6) is -1.84. The number of carboxylic acid groups (broad SMARTS) is 1. The molecule has 6 nitrogen and oxygen atoms in total. The summed E-state index contributed by atoms with van der Waals surface area (Å²) in [5, 5.41) is 12.9. The van der Waals surface area contributed by atoms with Gasteiger partial charge >= 0.3 is 5.97 Å². The van der Waals surface area contributed by atoms with Gasteiger partial charge < -0.3 is 15.6 Å². The molecule has 0 aliphatic carbocycles. The van der Waals surface area contributed by atoms with Crippen molar-refractivity contribution in [2.24, 2.45) is 0 Å². The van der Waals surface area contributed by atoms with E-state index in [-0.39, 0.29) is 17.5 Å². The van der Waals surface area contributed by atoms with Crippen molar-refractivity contribution in [3.05, 3.63) is 35.9 Å². The van der Waals surface area contributed by atoms with Gasteiger partial charge in [0.25, 0.3) is 0 Å². The summed E-state index contributed by atoms with van der Waals surface area (Å²) in [5.41, 5.74) is 5.21. The largest absolute Gasteiger partial charge is 0.478 e. The Labute approximate surface area is 114 Å². The fraction of sp³-hybridized carbons (Fsp3) is 0.231. The number of halogens is 1. The molecule has 106 valence electrons. The molecule has 20 heavy (non-hydrogen) atoms. The lowest BCUT2D eigenvalue weighted by molar-refractivity contribution is 0.0692. The lowest BCUT2D eigenvalue weighted by Gasteiger charge is -2.08. The van der Waals surface area contributed by atoms with Crippen molar-refractivity contribution < 1.29 is 19.0 Å². The van der Waals surface area contributed by atoms with Crippen molar-refractivity contribution >= 4 is 11.7 Å². The topological polar surface area (TPSA) is 90.4 Å². The van der Waals surface area contributed by atoms with Crippen LogP contribution in [0.15, 0.2) is 24.5 Å². The number of nitrogens with zero attached hydrogens (tertiary/aromatic N) is 2. The molecule has 0 bridgehead atoms. The predicted octanol–water partition coefficient (Wildman–Crippen LogP) is 2.68. The summed E-state index contributed by atoms with van der Waals surface area (Å²) in [6, 6.07) is 2.14. The molecule has 7 heteroatoms. The van der Waals surface area contributed by atoms with E-state index in [2.05, 4.69) is 5.10 Å². The molecule has 2 aromatic rings. The Bertz CT molecular complexity index is 652. The van der Waals surface area contributed by atoms with E-state index in [4.69, 9.17) is 15.6 Å². The molecule has 0 saturated carbocycles. The fourth-order valence-corrected chi connectivity index (χ4v) is 1.61. The fourth-order valence-electron chi connectivity index (χ4n) is 1.61. The third-order valence-corrected chi connectivity index (χ3v) is 2.66. The number of ether oxygens (including phenoxy) is 1. The van der Waals surface area contributed by atoms with E-state index < -0.39 is 17.3 Å². The van der Waals surface area contributed by atoms with Gasteiger partial charge in [0.15, 0.2) is 11.5 Å². The van der Waals surface area contributed by atoms with E-state index in [1.807, 2.05) is 13.8 Å². The van der Waals surface area contributed by atoms with Gasteiger partial charge in [-0.05, 0) is 19.9 Å². The Balaban J connectivity index is 2.29. The number of carbonyl (C=O) groups is 1. The maximum atomic E-state index is 13.6. The minimum Gasteiger partial charge on any atom is -0.478 e. The summed E-state index contributed by atoms with van der Waals surface area (Å²) < 4.78 is 20.7. The van der Waals surface area contributed by atoms with E-state index in [1.165, 1.54) is 6.20 Å². The Morgan fingerprint density at radius 3 is 2.75 bits per heavy atom. The lowest BCUT2D eigenvalue weighted by Crippen LogP contribution is -2.03. The van der Waals surface area contributed by atoms with Crippen LogP contribution in [0.4, 0.5) is 10.1 Å². The highest BCUT2D eigenvalue weighted by Gasteiger charge is 2.15. The maximum absolute atomic E-state index is 13.6. The first kappa shape index (κ1) is 13.9. The van der Waals surface area contributed by atoms with Crippen molar-refractivity contribution in [1.82, 2.24) is 9.78 Å². The SMILES string of the molecule is CC(C)n1cc(Oc2cc(F)c(C(=O)O)cc2N)cn1. The van der Waals surface area contributed by atoms with Gasteiger partial charge in [0, 0.05) is 12.1 Å². The highest BCUT2D eigenvalue weighted by Crippen LogP contribution is 2.30. The standard InChI is InChI=1S/C13H14FN3O3/c1-7(2)17-6-8(5-16-17)20-12-4-10(14)9(13(18)19)3-11(12)15/h3-7H,15H2,1-2H3,(H,18,19). The average Bonchev–Trinajstić information content (AvgIpc) is 2.81. The summed E-state index contributed by atoms with van der Waals surface area (Å²) in [6.07, 6.45) is 3.12. The van der Waals surface area contributed by atoms with Crippen LogP contribution in [0.3, 0.4) is 0 Å². The summed E-state index contributed by atoms with van der Waals surface area (Å²) in [6.45, 7) is 3.90. The number of aromatic carboxylic acids is 1. The molecule has 3 N–H and O–H groups in total. The minimum atomic E-state index is -1.38. The van der Waals surface area contributed by atoms with E-state index in [9.17, 15) is 9.18 Å². The molecule has 1 aromatic carbocycles. The molecule has 1 heterocycles. The van der Waals surface area contributed by atoms with Gasteiger partial charge in [0.1, 0.15) is 5.82 Å². The van der Waals surface area contributed by atoms with Gasteiger partial charge in [-0.25, -0.2) is 9.18 Å². The molecule has 2 rings (SSSR count). The third-order valence-electron chi connectivity index (χ3n) is 2.66. The Morgan fingerprint density at radius 1 is 1.50 bits per heavy atom. The van der Waals surface area contributed by atoms with Crippen molar-refractivity contribution in [2.75, 3.05) is 5.73 Å². The number of nitrogen functional groups attached to an aromatic ring is 1. The molecular formula is C13H14FN3O3. The zero-order valence-electron chi connectivity index (χ0n) is 11.0. The number of hydrogen-bond donors (Lipinski definition) is 2. The highest BCUT2D eigenvalue weighted by atomic mass is 19.1. The van der Waals surface area contributed by atoms with Crippen molar-refractivity contribution in [1.29, 1.82) is 0 Å². The first-order valence-electron chi connectivity index (χ1n) is 5.92. The quantitative estimate of drug-likeness (QED) is 0.840. The van der Waals surface area contributed by atoms with Crippen LogP contribution in [0.5, 0.6) is 11.5 Å². The van der Waals surface area contributed by atoms with Crippen molar-refractivity contribution in [3.63, 3.8) is 0 Å². The second-order valence-electron chi connectivity index (χ2n) is 4.53. The van der Waals surface area contributed by atoms with Crippen LogP contribution in [-0.4, -0.2) is 20.9 Å². The molecule has 0 amide bonds. The van der Waals surface area contributed by atoms with Crippen LogP contribution < -0.4 is 10.5 Å². The number of aromatic nitrogens is 2. The second-order valence-corrected chi connectivity index (χ2v) is 4.53. The monoisotopic (exact) mass is 279 g/mol. The van der Waals surface area contributed by atoms with E-state index in [1.54, 1.807) is 10.9 Å². The summed E-state index contributed by atoms with van der Waals surface area (Å²) >= 11 is 0. The lowest BCUT2D eigenvalue weighted by atomic mass is 10.2. The molecule has 0 fully saturated rings. The second kappa shape index (κ2) is 5.20. The normalized spacial score (nSPS) is 10.8. The third kappa shape index (κ3) is 2.71. The van der Waals surface area contributed by atoms with E-state index in [0.29, 0.717) is 5.75 Å². The predicted molar refractivity (Wildman–Crippen MR) is 70.5 cm³/mol. The molecule has 0 atom stereocenters. The van der Waals surface area contributed by atoms with Gasteiger partial charge in [-0.2, -0.15) is 5.10 Å². The van der Waals surface area contributed by atoms with Crippen LogP contribution >= 0.6 is 0 Å². The minimum absolute atomic E-state index is 0.0427. The van der Waals surface area contributed by atoms with Gasteiger partial charge in [-0.1, -0.05) is 0 Å². The number of benzene rings is 1. The van der Waals surface area contributed by atoms with Crippen LogP contribution in [0.2, 0.25) is 0 Å². The number of carboxylic acids is 1. The molecular weight excluding hydrogens is 265 g/mol. The highest BCUT2D eigenvalue weighted by molar-refractivity contribution is 5.89. The van der Waals surface area contributed by atoms with Crippen molar-refractivity contribution in [2.45, 2.75) is 19.9 Å². The van der Waals surface area contributed by atoms with Gasteiger partial charge in [0.2, 0.25) is 0 Å². The molecule has 0 unspecified atom stereocenters. The van der Waals surface area contributed by atoms with Crippen LogP contribution in [0.25, 0.3) is 0 Å². The van der Waals surface area contributed by atoms with Crippen LogP contribution in [-0.2, 0) is 0 Å². The maximum Gasteiger partial charge on any atom is 0.338 e. The number of rotatable bonds is 4. The van der Waals surface area contributed by atoms with Gasteiger partial charge in [0.05, 0.1) is 23.6 Å². The molecule has 0 saturated heterocycles. The first-order chi connectivity index (χ1) is 9.38. The smallest absolute Gasteiger partial charge is 0.338 e. The van der Waals surface area contributed by atoms with Crippen LogP contribution in [0.1, 0.15) is 30.2 Å². The molecule has 0 aliphatic rings. The molecule has 1 aromatic heterocycles.